The second-order valence-corrected chi connectivity index (χ2v) is 6.25. The lowest BCUT2D eigenvalue weighted by molar-refractivity contribution is 0.465. The van der Waals surface area contributed by atoms with E-state index >= 15 is 0 Å². The lowest BCUT2D eigenvalue weighted by Gasteiger charge is -2.21. The van der Waals surface area contributed by atoms with Gasteiger partial charge in [0.15, 0.2) is 0 Å². The Labute approximate surface area is 127 Å². The number of rotatable bonds is 3. The van der Waals surface area contributed by atoms with Gasteiger partial charge in [-0.1, -0.05) is 40.2 Å². The number of hydrogen-bond donors (Lipinski definition) is 1. The van der Waals surface area contributed by atoms with Crippen LogP contribution in [0.4, 0.5) is 4.39 Å². The van der Waals surface area contributed by atoms with E-state index in [1.54, 1.807) is 12.1 Å². The Bertz CT molecular complexity index is 609. The molecule has 3 rings (SSSR count). The van der Waals surface area contributed by atoms with Crippen molar-refractivity contribution in [3.63, 3.8) is 0 Å². The molecule has 0 aliphatic heterocycles. The van der Waals surface area contributed by atoms with E-state index < -0.39 is 0 Å². The molecule has 2 atom stereocenters. The van der Waals surface area contributed by atoms with Gasteiger partial charge in [0.2, 0.25) is 0 Å². The Hall–Kier alpha value is -1.19. The van der Waals surface area contributed by atoms with Crippen LogP contribution in [0.3, 0.4) is 0 Å². The van der Waals surface area contributed by atoms with Gasteiger partial charge >= 0.3 is 0 Å². The molecule has 2 aromatic carbocycles. The topological polar surface area (TPSA) is 12.0 Å². The van der Waals surface area contributed by atoms with Crippen LogP contribution in [0.15, 0.2) is 46.9 Å². The minimum atomic E-state index is -0.0666. The minimum Gasteiger partial charge on any atom is -0.303 e. The maximum absolute atomic E-state index is 13.7. The molecule has 0 aromatic heterocycles. The molecule has 104 valence electrons. The largest absolute Gasteiger partial charge is 0.303 e. The van der Waals surface area contributed by atoms with Crippen LogP contribution in [0.2, 0.25) is 0 Å². The zero-order valence-electron chi connectivity index (χ0n) is 11.4. The molecule has 0 bridgehead atoms. The zero-order valence-corrected chi connectivity index (χ0v) is 13.0. The summed E-state index contributed by atoms with van der Waals surface area (Å²) in [5, 5.41) is 3.62. The average Bonchev–Trinajstić information content (AvgIpc) is 2.84. The number of benzene rings is 2. The fraction of sp³-hybridized carbons (Fsp3) is 0.294. The number of hydrogen-bond acceptors (Lipinski definition) is 1. The Morgan fingerprint density at radius 1 is 1.20 bits per heavy atom. The highest BCUT2D eigenvalue weighted by atomic mass is 79.9. The predicted octanol–water partition coefficient (Wildman–Crippen LogP) is 4.93. The van der Waals surface area contributed by atoms with Gasteiger partial charge in [-0.25, -0.2) is 4.39 Å². The molecule has 2 aromatic rings. The van der Waals surface area contributed by atoms with E-state index in [0.29, 0.717) is 0 Å². The van der Waals surface area contributed by atoms with E-state index in [1.165, 1.54) is 5.56 Å². The first-order chi connectivity index (χ1) is 9.65. The van der Waals surface area contributed by atoms with Crippen molar-refractivity contribution >= 4 is 15.9 Å². The molecule has 1 unspecified atom stereocenters. The van der Waals surface area contributed by atoms with Crippen LogP contribution in [0.25, 0.3) is 0 Å². The van der Waals surface area contributed by atoms with Gasteiger partial charge in [-0.15, -0.1) is 0 Å². The minimum absolute atomic E-state index is 0.0666. The van der Waals surface area contributed by atoms with E-state index in [4.69, 9.17) is 0 Å². The Morgan fingerprint density at radius 3 is 2.70 bits per heavy atom. The van der Waals surface area contributed by atoms with Crippen molar-refractivity contribution in [1.82, 2.24) is 5.32 Å². The summed E-state index contributed by atoms with van der Waals surface area (Å²) in [6.07, 6.45) is 1.80. The van der Waals surface area contributed by atoms with Crippen molar-refractivity contribution in [1.29, 1.82) is 0 Å². The van der Waals surface area contributed by atoms with Crippen molar-refractivity contribution in [3.8, 4) is 0 Å². The molecule has 0 radical (unpaired) electrons. The lowest BCUT2D eigenvalue weighted by atomic mass is 10.0. The van der Waals surface area contributed by atoms with Crippen LogP contribution < -0.4 is 5.32 Å². The molecule has 20 heavy (non-hydrogen) atoms. The van der Waals surface area contributed by atoms with Gasteiger partial charge in [0.25, 0.3) is 0 Å². The zero-order chi connectivity index (χ0) is 14.1. The second-order valence-electron chi connectivity index (χ2n) is 5.34. The molecule has 0 saturated heterocycles. The fourth-order valence-electron chi connectivity index (χ4n) is 2.93. The smallest absolute Gasteiger partial charge is 0.126 e. The molecule has 0 spiro atoms. The van der Waals surface area contributed by atoms with E-state index in [1.807, 2.05) is 6.07 Å². The molecule has 0 amide bonds. The maximum atomic E-state index is 13.7. The Morgan fingerprint density at radius 2 is 1.95 bits per heavy atom. The fourth-order valence-corrected chi connectivity index (χ4v) is 3.20. The van der Waals surface area contributed by atoms with Gasteiger partial charge in [-0.05, 0) is 54.7 Å². The number of nitrogens with one attached hydrogen (secondary N) is 1. The number of halogens is 2. The summed E-state index contributed by atoms with van der Waals surface area (Å²) in [5.74, 6) is -0.0666. The summed E-state index contributed by atoms with van der Waals surface area (Å²) in [7, 11) is 0. The summed E-state index contributed by atoms with van der Waals surface area (Å²) in [5.41, 5.74) is 3.25. The summed E-state index contributed by atoms with van der Waals surface area (Å²) in [4.78, 5) is 0. The maximum Gasteiger partial charge on any atom is 0.126 e. The van der Waals surface area contributed by atoms with E-state index in [-0.39, 0.29) is 17.9 Å². The first kappa shape index (κ1) is 13.8. The predicted molar refractivity (Wildman–Crippen MR) is 83.2 cm³/mol. The molecule has 1 nitrogen and oxygen atoms in total. The van der Waals surface area contributed by atoms with E-state index in [2.05, 4.69) is 52.4 Å². The molecule has 1 N–H and O–H groups in total. The van der Waals surface area contributed by atoms with Crippen molar-refractivity contribution in [3.05, 3.63) is 69.4 Å². The highest BCUT2D eigenvalue weighted by Crippen LogP contribution is 2.34. The van der Waals surface area contributed by atoms with Crippen molar-refractivity contribution in [2.24, 2.45) is 0 Å². The highest BCUT2D eigenvalue weighted by Gasteiger charge is 2.25. The monoisotopic (exact) mass is 333 g/mol. The van der Waals surface area contributed by atoms with Crippen LogP contribution in [0, 0.1) is 5.82 Å². The third kappa shape index (κ3) is 2.65. The second kappa shape index (κ2) is 5.66. The molecular formula is C17H17BrFN. The quantitative estimate of drug-likeness (QED) is 0.839. The van der Waals surface area contributed by atoms with Gasteiger partial charge in [-0.3, -0.25) is 0 Å². The van der Waals surface area contributed by atoms with E-state index in [0.717, 1.165) is 28.4 Å². The van der Waals surface area contributed by atoms with Crippen LogP contribution in [-0.4, -0.2) is 0 Å². The lowest BCUT2D eigenvalue weighted by Crippen LogP contribution is -2.23. The van der Waals surface area contributed by atoms with E-state index in [9.17, 15) is 4.39 Å². The standard InChI is InChI=1S/C17H17BrFN/c1-11(12-5-7-13(18)8-6-12)20-17-10-9-14-15(17)3-2-4-16(14)19/h2-8,11,17,20H,9-10H2,1H3/t11-,17?/m1/s1. The van der Waals surface area contributed by atoms with Crippen LogP contribution in [-0.2, 0) is 6.42 Å². The van der Waals surface area contributed by atoms with Gasteiger partial charge in [0.1, 0.15) is 5.82 Å². The van der Waals surface area contributed by atoms with Crippen LogP contribution >= 0.6 is 15.9 Å². The molecule has 1 aliphatic carbocycles. The molecule has 0 fully saturated rings. The third-order valence-electron chi connectivity index (χ3n) is 4.03. The van der Waals surface area contributed by atoms with Crippen molar-refractivity contribution < 1.29 is 4.39 Å². The summed E-state index contributed by atoms with van der Waals surface area (Å²) in [6, 6.07) is 14.2. The van der Waals surface area contributed by atoms with Crippen LogP contribution in [0.1, 0.15) is 42.1 Å². The molecule has 0 saturated carbocycles. The molecular weight excluding hydrogens is 317 g/mol. The van der Waals surface area contributed by atoms with Gasteiger partial charge in [-0.2, -0.15) is 0 Å². The van der Waals surface area contributed by atoms with Gasteiger partial charge in [0, 0.05) is 16.6 Å². The van der Waals surface area contributed by atoms with Crippen molar-refractivity contribution in [2.45, 2.75) is 31.8 Å². The Kier molecular flexibility index (Phi) is 3.90. The first-order valence-corrected chi connectivity index (χ1v) is 7.73. The van der Waals surface area contributed by atoms with Crippen molar-refractivity contribution in [2.75, 3.05) is 0 Å². The average molecular weight is 334 g/mol. The van der Waals surface area contributed by atoms with Crippen LogP contribution in [0.5, 0.6) is 0 Å². The molecule has 3 heteroatoms. The van der Waals surface area contributed by atoms with Gasteiger partial charge in [0.05, 0.1) is 0 Å². The first-order valence-electron chi connectivity index (χ1n) is 6.94. The molecule has 0 heterocycles. The Balaban J connectivity index is 1.77. The summed E-state index contributed by atoms with van der Waals surface area (Å²) >= 11 is 3.45. The van der Waals surface area contributed by atoms with Gasteiger partial charge < -0.3 is 5.32 Å². The third-order valence-corrected chi connectivity index (χ3v) is 4.56. The summed E-state index contributed by atoms with van der Waals surface area (Å²) in [6.45, 7) is 2.15. The molecule has 1 aliphatic rings. The normalized spacial score (nSPS) is 18.9. The number of fused-ring (bicyclic) bond motifs is 1. The highest BCUT2D eigenvalue weighted by molar-refractivity contribution is 9.10. The summed E-state index contributed by atoms with van der Waals surface area (Å²) < 4.78 is 14.8. The SMILES string of the molecule is C[C@@H](NC1CCc2c(F)cccc21)c1ccc(Br)cc1.